The summed E-state index contributed by atoms with van der Waals surface area (Å²) in [6.07, 6.45) is -0.450. The van der Waals surface area contributed by atoms with Gasteiger partial charge in [0.25, 0.3) is 0 Å². The normalized spacial score (nSPS) is 22.8. The molecule has 0 spiro atoms. The van der Waals surface area contributed by atoms with E-state index in [1.165, 1.54) is 0 Å². The number of nitrogens with zero attached hydrogens (tertiary/aromatic N) is 2. The summed E-state index contributed by atoms with van der Waals surface area (Å²) in [6, 6.07) is 5.96. The van der Waals surface area contributed by atoms with Crippen LogP contribution in [0.25, 0.3) is 0 Å². The van der Waals surface area contributed by atoms with E-state index < -0.39 is 6.10 Å². The Bertz CT molecular complexity index is 551. The maximum absolute atomic E-state index is 9.95. The molecule has 1 unspecified atom stereocenters. The fourth-order valence-electron chi connectivity index (χ4n) is 3.35. The molecule has 3 rings (SSSR count). The second kappa shape index (κ2) is 10.1. The summed E-state index contributed by atoms with van der Waals surface area (Å²) < 4.78 is 22.4. The summed E-state index contributed by atoms with van der Waals surface area (Å²) in [5.41, 5.74) is 1.07. The molecule has 2 saturated heterocycles. The van der Waals surface area contributed by atoms with Gasteiger partial charge in [-0.15, -0.1) is 0 Å². The quantitative estimate of drug-likeness (QED) is 0.758. The van der Waals surface area contributed by atoms with Gasteiger partial charge in [0.2, 0.25) is 0 Å². The highest BCUT2D eigenvalue weighted by Gasteiger charge is 2.20. The van der Waals surface area contributed by atoms with Crippen LogP contribution in [0, 0.1) is 0 Å². The van der Waals surface area contributed by atoms with Crippen LogP contribution in [0.2, 0.25) is 0 Å². The molecule has 1 aromatic carbocycles. The first-order valence-corrected chi connectivity index (χ1v) is 9.33. The van der Waals surface area contributed by atoms with E-state index in [9.17, 15) is 5.11 Å². The van der Waals surface area contributed by atoms with Crippen molar-refractivity contribution in [2.24, 2.45) is 0 Å². The van der Waals surface area contributed by atoms with Crippen LogP contribution in [0.5, 0.6) is 11.5 Å². The van der Waals surface area contributed by atoms with Gasteiger partial charge in [-0.25, -0.2) is 0 Å². The number of ether oxygens (including phenoxy) is 4. The number of para-hydroxylation sites is 1. The van der Waals surface area contributed by atoms with Crippen molar-refractivity contribution in [1.82, 2.24) is 9.80 Å². The van der Waals surface area contributed by atoms with Gasteiger partial charge in [-0.3, -0.25) is 9.80 Å². The Labute approximate surface area is 155 Å². The minimum absolute atomic E-state index is 0.400. The second-order valence-electron chi connectivity index (χ2n) is 6.71. The Morgan fingerprint density at radius 3 is 2.69 bits per heavy atom. The van der Waals surface area contributed by atoms with Crippen LogP contribution in [-0.4, -0.2) is 93.9 Å². The maximum atomic E-state index is 9.95. The molecular weight excluding hydrogens is 336 g/mol. The highest BCUT2D eigenvalue weighted by Crippen LogP contribution is 2.32. The third-order valence-electron chi connectivity index (χ3n) is 4.76. The molecule has 7 nitrogen and oxygen atoms in total. The number of rotatable bonds is 7. The van der Waals surface area contributed by atoms with Gasteiger partial charge in [0, 0.05) is 44.8 Å². The molecule has 146 valence electrons. The van der Waals surface area contributed by atoms with Crippen LogP contribution >= 0.6 is 0 Å². The van der Waals surface area contributed by atoms with Gasteiger partial charge in [0.1, 0.15) is 6.61 Å². The average Bonchev–Trinajstić information content (AvgIpc) is 2.87. The van der Waals surface area contributed by atoms with Gasteiger partial charge in [-0.05, 0) is 6.07 Å². The zero-order valence-electron chi connectivity index (χ0n) is 15.6. The Hall–Kier alpha value is -1.38. The number of aliphatic hydroxyl groups is 1. The van der Waals surface area contributed by atoms with Crippen molar-refractivity contribution in [3.63, 3.8) is 0 Å². The van der Waals surface area contributed by atoms with Gasteiger partial charge < -0.3 is 24.1 Å². The lowest BCUT2D eigenvalue weighted by molar-refractivity contribution is 0.0320. The molecule has 7 heteroatoms. The fraction of sp³-hybridized carbons (Fsp3) is 0.684. The lowest BCUT2D eigenvalue weighted by Crippen LogP contribution is -2.38. The number of morpholine rings is 1. The van der Waals surface area contributed by atoms with E-state index >= 15 is 0 Å². The smallest absolute Gasteiger partial charge is 0.165 e. The molecule has 2 aliphatic rings. The SMILES string of the molecule is COc1cccc(CN2CCOCC(O)C2)c1OCCN1CCOCC1. The minimum atomic E-state index is -0.450. The molecule has 0 radical (unpaired) electrons. The largest absolute Gasteiger partial charge is 0.493 e. The number of hydrogen-bond donors (Lipinski definition) is 1. The van der Waals surface area contributed by atoms with Crippen molar-refractivity contribution in [1.29, 1.82) is 0 Å². The summed E-state index contributed by atoms with van der Waals surface area (Å²) in [7, 11) is 1.66. The zero-order valence-corrected chi connectivity index (χ0v) is 15.6. The van der Waals surface area contributed by atoms with Crippen molar-refractivity contribution in [2.75, 3.05) is 72.9 Å². The molecule has 2 fully saturated rings. The molecule has 1 aromatic rings. The summed E-state index contributed by atoms with van der Waals surface area (Å²) in [4.78, 5) is 4.54. The fourth-order valence-corrected chi connectivity index (χ4v) is 3.35. The van der Waals surface area contributed by atoms with Gasteiger partial charge in [0.15, 0.2) is 11.5 Å². The molecule has 0 aromatic heterocycles. The lowest BCUT2D eigenvalue weighted by atomic mass is 10.1. The molecule has 0 aliphatic carbocycles. The van der Waals surface area contributed by atoms with Crippen LogP contribution in [-0.2, 0) is 16.0 Å². The first-order valence-electron chi connectivity index (χ1n) is 9.33. The molecule has 2 aliphatic heterocycles. The Morgan fingerprint density at radius 2 is 1.88 bits per heavy atom. The van der Waals surface area contributed by atoms with Crippen molar-refractivity contribution in [3.05, 3.63) is 23.8 Å². The van der Waals surface area contributed by atoms with Crippen LogP contribution in [0.4, 0.5) is 0 Å². The third-order valence-corrected chi connectivity index (χ3v) is 4.76. The zero-order chi connectivity index (χ0) is 18.2. The Morgan fingerprint density at radius 1 is 1.12 bits per heavy atom. The third kappa shape index (κ3) is 5.56. The van der Waals surface area contributed by atoms with E-state index in [1.807, 2.05) is 12.1 Å². The number of benzene rings is 1. The van der Waals surface area contributed by atoms with Crippen LogP contribution in [0.15, 0.2) is 18.2 Å². The van der Waals surface area contributed by atoms with Crippen molar-refractivity contribution in [3.8, 4) is 11.5 Å². The van der Waals surface area contributed by atoms with E-state index in [2.05, 4.69) is 15.9 Å². The topological polar surface area (TPSA) is 63.6 Å². The number of aliphatic hydroxyl groups excluding tert-OH is 1. The molecule has 1 atom stereocenters. The summed E-state index contributed by atoms with van der Waals surface area (Å²) in [5, 5.41) is 9.95. The molecule has 1 N–H and O–H groups in total. The van der Waals surface area contributed by atoms with Crippen molar-refractivity contribution >= 4 is 0 Å². The first-order chi connectivity index (χ1) is 12.8. The predicted octanol–water partition coefficient (Wildman–Crippen LogP) is 0.599. The van der Waals surface area contributed by atoms with E-state index in [0.29, 0.717) is 32.9 Å². The van der Waals surface area contributed by atoms with E-state index in [4.69, 9.17) is 18.9 Å². The standard InChI is InChI=1S/C19H30N2O5/c1-23-18-4-2-3-16(13-21-7-11-25-15-17(22)14-21)19(18)26-12-8-20-5-9-24-10-6-20/h2-4,17,22H,5-15H2,1H3. The Kier molecular flexibility index (Phi) is 7.52. The molecule has 0 amide bonds. The van der Waals surface area contributed by atoms with E-state index in [0.717, 1.165) is 56.5 Å². The molecule has 26 heavy (non-hydrogen) atoms. The molecular formula is C19H30N2O5. The van der Waals surface area contributed by atoms with Crippen LogP contribution in [0.1, 0.15) is 5.56 Å². The molecule has 0 bridgehead atoms. The average molecular weight is 366 g/mol. The van der Waals surface area contributed by atoms with Gasteiger partial charge in [-0.1, -0.05) is 12.1 Å². The Balaban J connectivity index is 1.62. The number of hydrogen-bond acceptors (Lipinski definition) is 7. The predicted molar refractivity (Wildman–Crippen MR) is 97.9 cm³/mol. The summed E-state index contributed by atoms with van der Waals surface area (Å²) in [6.45, 7) is 8.10. The van der Waals surface area contributed by atoms with Crippen molar-refractivity contribution in [2.45, 2.75) is 12.6 Å². The number of β-amino-alcohol motifs (C(OH)–C–C–N with tert-alkyl or cyclic N) is 1. The lowest BCUT2D eigenvalue weighted by Gasteiger charge is -2.27. The summed E-state index contributed by atoms with van der Waals surface area (Å²) in [5.74, 6) is 1.54. The van der Waals surface area contributed by atoms with Crippen molar-refractivity contribution < 1.29 is 24.1 Å². The second-order valence-corrected chi connectivity index (χ2v) is 6.71. The number of methoxy groups -OCH3 is 1. The monoisotopic (exact) mass is 366 g/mol. The highest BCUT2D eigenvalue weighted by atomic mass is 16.5. The summed E-state index contributed by atoms with van der Waals surface area (Å²) >= 11 is 0. The van der Waals surface area contributed by atoms with Crippen LogP contribution < -0.4 is 9.47 Å². The van der Waals surface area contributed by atoms with Gasteiger partial charge in [0.05, 0.1) is 39.6 Å². The molecule has 0 saturated carbocycles. The highest BCUT2D eigenvalue weighted by molar-refractivity contribution is 5.46. The van der Waals surface area contributed by atoms with Gasteiger partial charge in [-0.2, -0.15) is 0 Å². The molecule has 2 heterocycles. The minimum Gasteiger partial charge on any atom is -0.493 e. The first kappa shape index (κ1) is 19.4. The van der Waals surface area contributed by atoms with E-state index in [-0.39, 0.29) is 0 Å². The maximum Gasteiger partial charge on any atom is 0.165 e. The van der Waals surface area contributed by atoms with Crippen LogP contribution in [0.3, 0.4) is 0 Å². The van der Waals surface area contributed by atoms with Gasteiger partial charge >= 0.3 is 0 Å². The van der Waals surface area contributed by atoms with E-state index in [1.54, 1.807) is 7.11 Å².